The predicted octanol–water partition coefficient (Wildman–Crippen LogP) is 1.77. The molecule has 5 heteroatoms. The quantitative estimate of drug-likeness (QED) is 0.715. The Bertz CT molecular complexity index is 390. The SMILES string of the molecule is C=C(C(=O)O)c1cc(F)c(O)c(F)c1. The van der Waals surface area contributed by atoms with Gasteiger partial charge < -0.3 is 10.2 Å². The number of carbonyl (C=O) groups is 1. The molecule has 2 N–H and O–H groups in total. The van der Waals surface area contributed by atoms with Crippen molar-refractivity contribution < 1.29 is 23.8 Å². The van der Waals surface area contributed by atoms with E-state index < -0.39 is 28.9 Å². The fourth-order valence-corrected chi connectivity index (χ4v) is 0.863. The maximum atomic E-state index is 12.7. The molecule has 74 valence electrons. The van der Waals surface area contributed by atoms with E-state index in [0.29, 0.717) is 12.1 Å². The molecule has 1 aromatic carbocycles. The summed E-state index contributed by atoms with van der Waals surface area (Å²) in [5.74, 6) is -4.95. The Kier molecular flexibility index (Phi) is 2.51. The van der Waals surface area contributed by atoms with E-state index in [1.54, 1.807) is 0 Å². The summed E-state index contributed by atoms with van der Waals surface area (Å²) in [6, 6.07) is 1.41. The third-order valence-electron chi connectivity index (χ3n) is 1.62. The second-order valence-corrected chi connectivity index (χ2v) is 2.57. The number of rotatable bonds is 2. The van der Waals surface area contributed by atoms with Crippen molar-refractivity contribution in [2.45, 2.75) is 0 Å². The van der Waals surface area contributed by atoms with Gasteiger partial charge in [0.1, 0.15) is 0 Å². The summed E-state index contributed by atoms with van der Waals surface area (Å²) in [5.41, 5.74) is -0.659. The van der Waals surface area contributed by atoms with Gasteiger partial charge in [0, 0.05) is 0 Å². The van der Waals surface area contributed by atoms with Gasteiger partial charge in [0.25, 0.3) is 0 Å². The molecule has 0 spiro atoms. The lowest BCUT2D eigenvalue weighted by Gasteiger charge is -2.03. The van der Waals surface area contributed by atoms with Crippen LogP contribution in [-0.4, -0.2) is 16.2 Å². The second-order valence-electron chi connectivity index (χ2n) is 2.57. The van der Waals surface area contributed by atoms with E-state index in [2.05, 4.69) is 6.58 Å². The molecule has 0 aliphatic carbocycles. The fraction of sp³-hybridized carbons (Fsp3) is 0. The average Bonchev–Trinajstić information content (AvgIpc) is 2.12. The molecule has 14 heavy (non-hydrogen) atoms. The molecule has 0 aliphatic heterocycles. The summed E-state index contributed by atoms with van der Waals surface area (Å²) >= 11 is 0. The largest absolute Gasteiger partial charge is 0.503 e. The molecule has 0 bridgehead atoms. The number of hydrogen-bond donors (Lipinski definition) is 2. The number of phenols is 1. The number of carboxylic acids is 1. The first kappa shape index (κ1) is 10.2. The number of halogens is 2. The Labute approximate surface area is 77.9 Å². The van der Waals surface area contributed by atoms with Gasteiger partial charge >= 0.3 is 5.97 Å². The van der Waals surface area contributed by atoms with E-state index in [4.69, 9.17) is 10.2 Å². The van der Waals surface area contributed by atoms with Crippen LogP contribution in [0.25, 0.3) is 5.57 Å². The number of phenolic OH excluding ortho intramolecular Hbond substituents is 1. The van der Waals surface area contributed by atoms with Crippen molar-refractivity contribution in [2.75, 3.05) is 0 Å². The van der Waals surface area contributed by atoms with Gasteiger partial charge in [0.05, 0.1) is 5.57 Å². The van der Waals surface area contributed by atoms with Crippen molar-refractivity contribution in [1.29, 1.82) is 0 Å². The Morgan fingerprint density at radius 3 is 2.07 bits per heavy atom. The zero-order valence-electron chi connectivity index (χ0n) is 6.92. The summed E-state index contributed by atoms with van der Waals surface area (Å²) in [6.45, 7) is 3.12. The van der Waals surface area contributed by atoms with Crippen molar-refractivity contribution >= 4 is 11.5 Å². The Morgan fingerprint density at radius 1 is 1.29 bits per heavy atom. The molecule has 3 nitrogen and oxygen atoms in total. The summed E-state index contributed by atoms with van der Waals surface area (Å²) in [7, 11) is 0. The van der Waals surface area contributed by atoms with Crippen LogP contribution in [-0.2, 0) is 4.79 Å². The van der Waals surface area contributed by atoms with Crippen LogP contribution in [0.3, 0.4) is 0 Å². The molecule has 0 saturated carbocycles. The van der Waals surface area contributed by atoms with Crippen molar-refractivity contribution in [1.82, 2.24) is 0 Å². The van der Waals surface area contributed by atoms with Gasteiger partial charge in [-0.2, -0.15) is 0 Å². The molecule has 0 aliphatic rings. The van der Waals surface area contributed by atoms with Gasteiger partial charge in [-0.15, -0.1) is 0 Å². The van der Waals surface area contributed by atoms with Crippen LogP contribution in [0.2, 0.25) is 0 Å². The summed E-state index contributed by atoms with van der Waals surface area (Å²) in [6.07, 6.45) is 0. The molecule has 0 atom stereocenters. The molecule has 0 saturated heterocycles. The van der Waals surface area contributed by atoms with Crippen molar-refractivity contribution in [3.8, 4) is 5.75 Å². The lowest BCUT2D eigenvalue weighted by molar-refractivity contribution is -0.130. The first-order valence-corrected chi connectivity index (χ1v) is 3.54. The summed E-state index contributed by atoms with van der Waals surface area (Å²) < 4.78 is 25.5. The van der Waals surface area contributed by atoms with Crippen LogP contribution in [0.1, 0.15) is 5.56 Å². The monoisotopic (exact) mass is 200 g/mol. The van der Waals surface area contributed by atoms with Crippen LogP contribution >= 0.6 is 0 Å². The molecular weight excluding hydrogens is 194 g/mol. The third-order valence-corrected chi connectivity index (χ3v) is 1.62. The highest BCUT2D eigenvalue weighted by atomic mass is 19.1. The highest BCUT2D eigenvalue weighted by Crippen LogP contribution is 2.24. The standard InChI is InChI=1S/C9H6F2O3/c1-4(9(13)14)5-2-6(10)8(12)7(11)3-5/h2-3,12H,1H2,(H,13,14). The average molecular weight is 200 g/mol. The van der Waals surface area contributed by atoms with Crippen molar-refractivity contribution in [3.63, 3.8) is 0 Å². The normalized spacial score (nSPS) is 9.86. The second kappa shape index (κ2) is 3.45. The fourth-order valence-electron chi connectivity index (χ4n) is 0.863. The minimum Gasteiger partial charge on any atom is -0.503 e. The number of hydrogen-bond acceptors (Lipinski definition) is 2. The van der Waals surface area contributed by atoms with Crippen molar-refractivity contribution in [2.24, 2.45) is 0 Å². The summed E-state index contributed by atoms with van der Waals surface area (Å²) in [5, 5.41) is 17.2. The van der Waals surface area contributed by atoms with E-state index in [0.717, 1.165) is 0 Å². The first-order chi connectivity index (χ1) is 6.43. The van der Waals surface area contributed by atoms with E-state index in [-0.39, 0.29) is 5.56 Å². The minimum absolute atomic E-state index is 0.217. The van der Waals surface area contributed by atoms with E-state index in [1.165, 1.54) is 0 Å². The van der Waals surface area contributed by atoms with Crippen LogP contribution in [0.4, 0.5) is 8.78 Å². The van der Waals surface area contributed by atoms with Gasteiger partial charge in [0.15, 0.2) is 17.4 Å². The minimum atomic E-state index is -1.38. The third kappa shape index (κ3) is 1.71. The zero-order valence-corrected chi connectivity index (χ0v) is 6.92. The maximum Gasteiger partial charge on any atom is 0.335 e. The van der Waals surface area contributed by atoms with Crippen molar-refractivity contribution in [3.05, 3.63) is 35.9 Å². The Morgan fingerprint density at radius 2 is 1.71 bits per heavy atom. The van der Waals surface area contributed by atoms with Crippen LogP contribution in [0.5, 0.6) is 5.75 Å². The summed E-state index contributed by atoms with van der Waals surface area (Å²) in [4.78, 5) is 10.4. The van der Waals surface area contributed by atoms with Gasteiger partial charge in [0.2, 0.25) is 0 Å². The van der Waals surface area contributed by atoms with Crippen LogP contribution in [0, 0.1) is 11.6 Å². The number of carboxylic acid groups (broad SMARTS) is 1. The molecule has 0 fully saturated rings. The van der Waals surface area contributed by atoms with Gasteiger partial charge in [-0.3, -0.25) is 0 Å². The zero-order chi connectivity index (χ0) is 10.9. The van der Waals surface area contributed by atoms with E-state index in [9.17, 15) is 13.6 Å². The lowest BCUT2D eigenvalue weighted by atomic mass is 10.1. The lowest BCUT2D eigenvalue weighted by Crippen LogP contribution is -1.99. The number of aromatic hydroxyl groups is 1. The molecule has 0 unspecified atom stereocenters. The Balaban J connectivity index is 3.26. The molecular formula is C9H6F2O3. The predicted molar refractivity (Wildman–Crippen MR) is 44.7 cm³/mol. The molecule has 0 heterocycles. The smallest absolute Gasteiger partial charge is 0.335 e. The van der Waals surface area contributed by atoms with Gasteiger partial charge in [-0.05, 0) is 17.7 Å². The molecule has 1 rings (SSSR count). The van der Waals surface area contributed by atoms with E-state index >= 15 is 0 Å². The molecule has 1 aromatic rings. The van der Waals surface area contributed by atoms with Gasteiger partial charge in [-0.25, -0.2) is 13.6 Å². The molecule has 0 aromatic heterocycles. The highest BCUT2D eigenvalue weighted by molar-refractivity contribution is 6.14. The van der Waals surface area contributed by atoms with Crippen LogP contribution in [0.15, 0.2) is 18.7 Å². The van der Waals surface area contributed by atoms with Gasteiger partial charge in [-0.1, -0.05) is 6.58 Å². The van der Waals surface area contributed by atoms with E-state index in [1.807, 2.05) is 0 Å². The first-order valence-electron chi connectivity index (χ1n) is 3.54. The highest BCUT2D eigenvalue weighted by Gasteiger charge is 2.14. The maximum absolute atomic E-state index is 12.7. The number of benzene rings is 1. The van der Waals surface area contributed by atoms with Crippen LogP contribution < -0.4 is 0 Å². The number of aliphatic carboxylic acids is 1. The molecule has 0 radical (unpaired) electrons. The topological polar surface area (TPSA) is 57.5 Å². The molecule has 0 amide bonds. The Hall–Kier alpha value is -1.91.